The molecule has 4 nitrogen and oxygen atoms in total. The van der Waals surface area contributed by atoms with Crippen molar-refractivity contribution in [3.63, 3.8) is 0 Å². The lowest BCUT2D eigenvalue weighted by atomic mass is 9.98. The quantitative estimate of drug-likeness (QED) is 0.867. The summed E-state index contributed by atoms with van der Waals surface area (Å²) >= 11 is 0. The van der Waals surface area contributed by atoms with E-state index in [2.05, 4.69) is 26.1 Å². The molecule has 1 amide bonds. The minimum absolute atomic E-state index is 0.252. The average molecular weight is 322 g/mol. The smallest absolute Gasteiger partial charge is 0.410 e. The zero-order valence-electron chi connectivity index (χ0n) is 15.9. The van der Waals surface area contributed by atoms with Gasteiger partial charge in [-0.1, -0.05) is 47.6 Å². The fourth-order valence-electron chi connectivity index (χ4n) is 2.37. The second kappa shape index (κ2) is 11.9. The molecule has 0 saturated carbocycles. The van der Waals surface area contributed by atoms with E-state index >= 15 is 0 Å². The first-order valence-electron chi connectivity index (χ1n) is 8.86. The van der Waals surface area contributed by atoms with Crippen LogP contribution in [0.15, 0.2) is 18.2 Å². The summed E-state index contributed by atoms with van der Waals surface area (Å²) < 4.78 is 5.43. The molecule has 1 aliphatic rings. The molecule has 0 unspecified atom stereocenters. The van der Waals surface area contributed by atoms with Gasteiger partial charge in [0.05, 0.1) is 0 Å². The van der Waals surface area contributed by atoms with Gasteiger partial charge in [0.25, 0.3) is 0 Å². The molecule has 1 N–H and O–H groups in total. The van der Waals surface area contributed by atoms with Crippen LogP contribution >= 0.6 is 0 Å². The number of hydrogen-bond donors (Lipinski definition) is 1. The van der Waals surface area contributed by atoms with E-state index in [0.717, 1.165) is 13.1 Å². The molecule has 0 radical (unpaired) electrons. The standard InChI is InChI=1S/C15H22N2O2.2C2H6/c1-11(2)14-5-4-13(10-12(14)3)19-15(18)17-8-6-16-7-9-17;2*1-2/h4-5,10-11,16H,6-9H2,1-3H3;2*1-2H3. The van der Waals surface area contributed by atoms with Gasteiger partial charge in [0.1, 0.15) is 5.75 Å². The molecule has 2 rings (SSSR count). The zero-order chi connectivity index (χ0) is 17.8. The highest BCUT2D eigenvalue weighted by Gasteiger charge is 2.18. The fraction of sp³-hybridized carbons (Fsp3) is 0.632. The number of piperazine rings is 1. The van der Waals surface area contributed by atoms with Gasteiger partial charge < -0.3 is 15.0 Å². The molecule has 1 fully saturated rings. The Morgan fingerprint density at radius 2 is 1.70 bits per heavy atom. The second-order valence-corrected chi connectivity index (χ2v) is 5.28. The summed E-state index contributed by atoms with van der Waals surface area (Å²) in [6, 6.07) is 5.86. The van der Waals surface area contributed by atoms with E-state index in [1.807, 2.05) is 45.9 Å². The van der Waals surface area contributed by atoms with Crippen molar-refractivity contribution in [2.45, 2.75) is 54.4 Å². The molecule has 1 heterocycles. The number of benzene rings is 1. The van der Waals surface area contributed by atoms with Crippen LogP contribution < -0.4 is 10.1 Å². The number of rotatable bonds is 2. The van der Waals surface area contributed by atoms with Crippen LogP contribution in [0.2, 0.25) is 0 Å². The minimum Gasteiger partial charge on any atom is -0.410 e. The molecule has 0 atom stereocenters. The van der Waals surface area contributed by atoms with E-state index in [0.29, 0.717) is 24.8 Å². The predicted molar refractivity (Wildman–Crippen MR) is 98.4 cm³/mol. The van der Waals surface area contributed by atoms with Gasteiger partial charge in [-0.2, -0.15) is 0 Å². The van der Waals surface area contributed by atoms with Crippen molar-refractivity contribution in [2.75, 3.05) is 26.2 Å². The number of carbonyl (C=O) groups excluding carboxylic acids is 1. The molecular weight excluding hydrogens is 288 g/mol. The van der Waals surface area contributed by atoms with Gasteiger partial charge in [-0.15, -0.1) is 0 Å². The van der Waals surface area contributed by atoms with Crippen molar-refractivity contribution in [3.05, 3.63) is 29.3 Å². The maximum Gasteiger partial charge on any atom is 0.415 e. The molecule has 4 heteroatoms. The SMILES string of the molecule is CC.CC.Cc1cc(OC(=O)N2CCNCC2)ccc1C(C)C. The summed E-state index contributed by atoms with van der Waals surface area (Å²) in [6.45, 7) is 17.5. The van der Waals surface area contributed by atoms with Gasteiger partial charge in [-0.3, -0.25) is 0 Å². The van der Waals surface area contributed by atoms with Crippen LogP contribution in [-0.4, -0.2) is 37.2 Å². The number of nitrogens with one attached hydrogen (secondary N) is 1. The van der Waals surface area contributed by atoms with Crippen molar-refractivity contribution in [1.29, 1.82) is 0 Å². The Kier molecular flexibility index (Phi) is 11.1. The summed E-state index contributed by atoms with van der Waals surface area (Å²) in [5.41, 5.74) is 2.46. The third-order valence-corrected chi connectivity index (χ3v) is 3.44. The summed E-state index contributed by atoms with van der Waals surface area (Å²) in [4.78, 5) is 13.7. The molecular formula is C19H34N2O2. The first kappa shape index (κ1) is 21.4. The lowest BCUT2D eigenvalue weighted by Gasteiger charge is -2.26. The first-order chi connectivity index (χ1) is 11.1. The Morgan fingerprint density at radius 3 is 2.17 bits per heavy atom. The number of amides is 1. The number of carbonyl (C=O) groups is 1. The van der Waals surface area contributed by atoms with Crippen molar-refractivity contribution >= 4 is 6.09 Å². The summed E-state index contributed by atoms with van der Waals surface area (Å²) in [6.07, 6.45) is -0.252. The maximum atomic E-state index is 12.0. The van der Waals surface area contributed by atoms with Crippen LogP contribution in [0.3, 0.4) is 0 Å². The van der Waals surface area contributed by atoms with E-state index in [-0.39, 0.29) is 6.09 Å². The van der Waals surface area contributed by atoms with Gasteiger partial charge in [0.2, 0.25) is 0 Å². The highest BCUT2D eigenvalue weighted by Crippen LogP contribution is 2.23. The number of nitrogens with zero attached hydrogens (tertiary/aromatic N) is 1. The molecule has 0 aliphatic carbocycles. The molecule has 0 aromatic heterocycles. The maximum absolute atomic E-state index is 12.0. The molecule has 1 saturated heterocycles. The van der Waals surface area contributed by atoms with Crippen LogP contribution in [0.4, 0.5) is 4.79 Å². The van der Waals surface area contributed by atoms with Crippen LogP contribution in [-0.2, 0) is 0 Å². The molecule has 0 bridgehead atoms. The monoisotopic (exact) mass is 322 g/mol. The largest absolute Gasteiger partial charge is 0.415 e. The molecule has 1 aromatic carbocycles. The molecule has 0 spiro atoms. The first-order valence-corrected chi connectivity index (χ1v) is 8.86. The van der Waals surface area contributed by atoms with Gasteiger partial charge in [0, 0.05) is 26.2 Å². The Balaban J connectivity index is 0.00000112. The minimum atomic E-state index is -0.252. The van der Waals surface area contributed by atoms with Gasteiger partial charge in [-0.25, -0.2) is 4.79 Å². The summed E-state index contributed by atoms with van der Waals surface area (Å²) in [7, 11) is 0. The molecule has 132 valence electrons. The van der Waals surface area contributed by atoms with Crippen LogP contribution in [0.1, 0.15) is 58.6 Å². The highest BCUT2D eigenvalue weighted by molar-refractivity contribution is 5.71. The lowest BCUT2D eigenvalue weighted by Crippen LogP contribution is -2.47. The lowest BCUT2D eigenvalue weighted by molar-refractivity contribution is 0.146. The van der Waals surface area contributed by atoms with E-state index in [9.17, 15) is 4.79 Å². The summed E-state index contributed by atoms with van der Waals surface area (Å²) in [5.74, 6) is 1.11. The van der Waals surface area contributed by atoms with Crippen molar-refractivity contribution < 1.29 is 9.53 Å². The van der Waals surface area contributed by atoms with Gasteiger partial charge >= 0.3 is 6.09 Å². The molecule has 1 aromatic rings. The average Bonchev–Trinajstić information content (AvgIpc) is 2.59. The second-order valence-electron chi connectivity index (χ2n) is 5.28. The normalized spacial score (nSPS) is 13.5. The fourth-order valence-corrected chi connectivity index (χ4v) is 2.37. The molecule has 23 heavy (non-hydrogen) atoms. The number of ether oxygens (including phenoxy) is 1. The topological polar surface area (TPSA) is 41.6 Å². The van der Waals surface area contributed by atoms with Crippen molar-refractivity contribution in [3.8, 4) is 5.75 Å². The van der Waals surface area contributed by atoms with Gasteiger partial charge in [0.15, 0.2) is 0 Å². The van der Waals surface area contributed by atoms with Crippen molar-refractivity contribution in [2.24, 2.45) is 0 Å². The van der Waals surface area contributed by atoms with E-state index in [1.54, 1.807) is 4.90 Å². The van der Waals surface area contributed by atoms with E-state index in [1.165, 1.54) is 11.1 Å². The Labute approximate surface area is 142 Å². The summed E-state index contributed by atoms with van der Waals surface area (Å²) in [5, 5.41) is 3.21. The van der Waals surface area contributed by atoms with E-state index < -0.39 is 0 Å². The third-order valence-electron chi connectivity index (χ3n) is 3.44. The number of aryl methyl sites for hydroxylation is 1. The Hall–Kier alpha value is -1.55. The van der Waals surface area contributed by atoms with Gasteiger partial charge in [-0.05, 0) is 36.1 Å². The Bertz CT molecular complexity index is 453. The van der Waals surface area contributed by atoms with Crippen LogP contribution in [0.5, 0.6) is 5.75 Å². The third kappa shape index (κ3) is 7.04. The number of hydrogen-bond acceptors (Lipinski definition) is 3. The van der Waals surface area contributed by atoms with Crippen molar-refractivity contribution in [1.82, 2.24) is 10.2 Å². The van der Waals surface area contributed by atoms with Crippen LogP contribution in [0, 0.1) is 6.92 Å². The molecule has 1 aliphatic heterocycles. The zero-order valence-corrected chi connectivity index (χ0v) is 15.9. The highest BCUT2D eigenvalue weighted by atomic mass is 16.6. The Morgan fingerprint density at radius 1 is 1.13 bits per heavy atom. The van der Waals surface area contributed by atoms with E-state index in [4.69, 9.17) is 4.74 Å². The predicted octanol–water partition coefficient (Wildman–Crippen LogP) is 4.57. The van der Waals surface area contributed by atoms with Crippen LogP contribution in [0.25, 0.3) is 0 Å².